The molecule has 0 amide bonds. The van der Waals surface area contributed by atoms with E-state index < -0.39 is 10.0 Å². The molecule has 0 atom stereocenters. The first-order valence-corrected chi connectivity index (χ1v) is 6.87. The third-order valence-electron chi connectivity index (χ3n) is 2.46. The van der Waals surface area contributed by atoms with Crippen LogP contribution in [0.5, 0.6) is 0 Å². The van der Waals surface area contributed by atoms with Crippen LogP contribution in [0.15, 0.2) is 47.9 Å². The topological polar surface area (TPSA) is 72.0 Å². The van der Waals surface area contributed by atoms with Gasteiger partial charge in [0.1, 0.15) is 6.33 Å². The number of aryl methyl sites for hydroxylation is 1. The number of aromatic nitrogens is 2. The summed E-state index contributed by atoms with van der Waals surface area (Å²) in [6.45, 7) is 1.94. The van der Waals surface area contributed by atoms with E-state index in [2.05, 4.69) is 14.7 Å². The lowest BCUT2D eigenvalue weighted by Gasteiger charge is -2.08. The number of benzene rings is 1. The third kappa shape index (κ3) is 2.91. The number of sulfonamides is 1. The summed E-state index contributed by atoms with van der Waals surface area (Å²) in [4.78, 5) is 7.95. The summed E-state index contributed by atoms with van der Waals surface area (Å²) in [6.07, 6.45) is 4.56. The molecule has 1 aromatic carbocycles. The lowest BCUT2D eigenvalue weighted by Crippen LogP contribution is -2.24. The van der Waals surface area contributed by atoms with E-state index in [1.54, 1.807) is 43.6 Å². The number of nitrogens with one attached hydrogen (secondary N) is 1. The van der Waals surface area contributed by atoms with E-state index in [0.29, 0.717) is 10.5 Å². The lowest BCUT2D eigenvalue weighted by molar-refractivity contribution is 0.580. The molecule has 1 heterocycles. The fourth-order valence-corrected chi connectivity index (χ4v) is 2.80. The van der Waals surface area contributed by atoms with Gasteiger partial charge in [0.05, 0.1) is 4.90 Å². The standard InChI is InChI=1S/C12H13N3O2S/c1-10-4-2-3-5-12(10)18(16,17)15-8-11-6-13-9-14-7-11/h2-7,9,15H,8H2,1H3. The van der Waals surface area contributed by atoms with Gasteiger partial charge in [-0.1, -0.05) is 18.2 Å². The fraction of sp³-hybridized carbons (Fsp3) is 0.167. The van der Waals surface area contributed by atoms with Gasteiger partial charge in [-0.05, 0) is 18.6 Å². The van der Waals surface area contributed by atoms with Gasteiger partial charge < -0.3 is 0 Å². The van der Waals surface area contributed by atoms with E-state index in [1.165, 1.54) is 6.33 Å². The third-order valence-corrected chi connectivity index (χ3v) is 4.02. The summed E-state index contributed by atoms with van der Waals surface area (Å²) in [5, 5.41) is 0. The summed E-state index contributed by atoms with van der Waals surface area (Å²) in [5.74, 6) is 0. The molecular weight excluding hydrogens is 250 g/mol. The van der Waals surface area contributed by atoms with Crippen molar-refractivity contribution in [3.63, 3.8) is 0 Å². The van der Waals surface area contributed by atoms with Crippen LogP contribution < -0.4 is 4.72 Å². The Morgan fingerprint density at radius 3 is 2.50 bits per heavy atom. The van der Waals surface area contributed by atoms with Crippen molar-refractivity contribution in [2.24, 2.45) is 0 Å². The van der Waals surface area contributed by atoms with Gasteiger partial charge in [0, 0.05) is 24.5 Å². The van der Waals surface area contributed by atoms with Crippen LogP contribution in [0.4, 0.5) is 0 Å². The van der Waals surface area contributed by atoms with Gasteiger partial charge in [-0.3, -0.25) is 0 Å². The van der Waals surface area contributed by atoms with Gasteiger partial charge >= 0.3 is 0 Å². The van der Waals surface area contributed by atoms with Crippen LogP contribution in [0.3, 0.4) is 0 Å². The number of hydrogen-bond donors (Lipinski definition) is 1. The molecule has 1 N–H and O–H groups in total. The molecule has 5 nitrogen and oxygen atoms in total. The van der Waals surface area contributed by atoms with Gasteiger partial charge in [-0.2, -0.15) is 0 Å². The van der Waals surface area contributed by atoms with Crippen molar-refractivity contribution in [3.8, 4) is 0 Å². The Morgan fingerprint density at radius 2 is 1.83 bits per heavy atom. The molecule has 94 valence electrons. The Kier molecular flexibility index (Phi) is 3.69. The monoisotopic (exact) mass is 263 g/mol. The van der Waals surface area contributed by atoms with Crippen molar-refractivity contribution in [1.82, 2.24) is 14.7 Å². The molecule has 0 fully saturated rings. The number of nitrogens with zero attached hydrogens (tertiary/aromatic N) is 2. The van der Waals surface area contributed by atoms with Crippen LogP contribution in [-0.4, -0.2) is 18.4 Å². The first-order chi connectivity index (χ1) is 8.59. The second kappa shape index (κ2) is 5.24. The van der Waals surface area contributed by atoms with E-state index in [0.717, 1.165) is 5.56 Å². The van der Waals surface area contributed by atoms with Crippen LogP contribution >= 0.6 is 0 Å². The average molecular weight is 263 g/mol. The predicted molar refractivity (Wildman–Crippen MR) is 67.2 cm³/mol. The minimum Gasteiger partial charge on any atom is -0.244 e. The van der Waals surface area contributed by atoms with Gasteiger partial charge in [0.15, 0.2) is 0 Å². The zero-order valence-corrected chi connectivity index (χ0v) is 10.7. The highest BCUT2D eigenvalue weighted by atomic mass is 32.2. The minimum atomic E-state index is -3.49. The second-order valence-corrected chi connectivity index (χ2v) is 5.57. The highest BCUT2D eigenvalue weighted by Crippen LogP contribution is 2.14. The van der Waals surface area contributed by atoms with Crippen molar-refractivity contribution in [2.45, 2.75) is 18.4 Å². The fourth-order valence-electron chi connectivity index (χ4n) is 1.54. The van der Waals surface area contributed by atoms with Crippen LogP contribution in [-0.2, 0) is 16.6 Å². The molecule has 1 aromatic heterocycles. The molecule has 0 saturated carbocycles. The van der Waals surface area contributed by atoms with Gasteiger partial charge in [0.25, 0.3) is 0 Å². The molecule has 0 unspecified atom stereocenters. The van der Waals surface area contributed by atoms with Crippen LogP contribution in [0.1, 0.15) is 11.1 Å². The first kappa shape index (κ1) is 12.7. The van der Waals surface area contributed by atoms with Crippen LogP contribution in [0, 0.1) is 6.92 Å². The molecule has 0 aliphatic carbocycles. The van der Waals surface area contributed by atoms with Crippen LogP contribution in [0.2, 0.25) is 0 Å². The van der Waals surface area contributed by atoms with Crippen molar-refractivity contribution in [2.75, 3.05) is 0 Å². The molecule has 0 bridgehead atoms. The summed E-state index contributed by atoms with van der Waals surface area (Å²) < 4.78 is 26.7. The molecule has 0 aliphatic rings. The van der Waals surface area contributed by atoms with Crippen LogP contribution in [0.25, 0.3) is 0 Å². The van der Waals surface area contributed by atoms with Gasteiger partial charge in [-0.15, -0.1) is 0 Å². The zero-order chi connectivity index (χ0) is 13.0. The maximum Gasteiger partial charge on any atom is 0.241 e. The summed E-state index contributed by atoms with van der Waals surface area (Å²) in [7, 11) is -3.49. The molecule has 6 heteroatoms. The second-order valence-electron chi connectivity index (χ2n) is 3.84. The number of rotatable bonds is 4. The van der Waals surface area contributed by atoms with Crippen molar-refractivity contribution in [1.29, 1.82) is 0 Å². The largest absolute Gasteiger partial charge is 0.244 e. The van der Waals surface area contributed by atoms with E-state index in [9.17, 15) is 8.42 Å². The predicted octanol–water partition coefficient (Wildman–Crippen LogP) is 1.26. The minimum absolute atomic E-state index is 0.178. The van der Waals surface area contributed by atoms with Crippen molar-refractivity contribution < 1.29 is 8.42 Å². The first-order valence-electron chi connectivity index (χ1n) is 5.39. The highest BCUT2D eigenvalue weighted by Gasteiger charge is 2.15. The Balaban J connectivity index is 2.16. The maximum atomic E-state index is 12.1. The molecule has 2 aromatic rings. The maximum absolute atomic E-state index is 12.1. The number of hydrogen-bond acceptors (Lipinski definition) is 4. The average Bonchev–Trinajstić information content (AvgIpc) is 2.38. The molecule has 2 rings (SSSR count). The Labute approximate surface area is 106 Å². The molecule has 0 aliphatic heterocycles. The van der Waals surface area contributed by atoms with Gasteiger partial charge in [0.2, 0.25) is 10.0 Å². The molecular formula is C12H13N3O2S. The highest BCUT2D eigenvalue weighted by molar-refractivity contribution is 7.89. The molecule has 0 spiro atoms. The van der Waals surface area contributed by atoms with Crippen molar-refractivity contribution >= 4 is 10.0 Å². The SMILES string of the molecule is Cc1ccccc1S(=O)(=O)NCc1cncnc1. The lowest BCUT2D eigenvalue weighted by atomic mass is 10.2. The van der Waals surface area contributed by atoms with Gasteiger partial charge in [-0.25, -0.2) is 23.1 Å². The normalized spacial score (nSPS) is 11.4. The molecule has 0 saturated heterocycles. The Bertz CT molecular complexity index is 627. The quantitative estimate of drug-likeness (QED) is 0.901. The molecule has 0 radical (unpaired) electrons. The van der Waals surface area contributed by atoms with E-state index in [4.69, 9.17) is 0 Å². The summed E-state index contributed by atoms with van der Waals surface area (Å²) in [5.41, 5.74) is 1.43. The van der Waals surface area contributed by atoms with E-state index in [1.807, 2.05) is 0 Å². The summed E-state index contributed by atoms with van der Waals surface area (Å²) in [6, 6.07) is 6.85. The zero-order valence-electron chi connectivity index (χ0n) is 9.87. The van der Waals surface area contributed by atoms with E-state index >= 15 is 0 Å². The molecule has 18 heavy (non-hydrogen) atoms. The Morgan fingerprint density at radius 1 is 1.17 bits per heavy atom. The van der Waals surface area contributed by atoms with E-state index in [-0.39, 0.29) is 6.54 Å². The van der Waals surface area contributed by atoms with Crippen molar-refractivity contribution in [3.05, 3.63) is 54.1 Å². The Hall–Kier alpha value is -1.79. The summed E-state index contributed by atoms with van der Waals surface area (Å²) >= 11 is 0. The smallest absolute Gasteiger partial charge is 0.241 e.